The Labute approximate surface area is 163 Å². The van der Waals surface area contributed by atoms with Gasteiger partial charge in [0, 0.05) is 17.8 Å². The van der Waals surface area contributed by atoms with Crippen LogP contribution < -0.4 is 15.8 Å². The highest BCUT2D eigenvalue weighted by Gasteiger charge is 2.02. The molecule has 0 heterocycles. The fraction of sp³-hybridized carbons (Fsp3) is 0.0435. The van der Waals surface area contributed by atoms with Crippen LogP contribution in [0, 0.1) is 0 Å². The molecule has 3 aromatic rings. The number of carbonyl (C=O) groups is 2. The van der Waals surface area contributed by atoms with E-state index in [4.69, 9.17) is 10.5 Å². The molecule has 0 spiro atoms. The third-order valence-electron chi connectivity index (χ3n) is 3.90. The molecule has 0 atom stereocenters. The maximum Gasteiger partial charge on any atom is 0.255 e. The number of primary amides is 1. The van der Waals surface area contributed by atoms with Crippen molar-refractivity contribution >= 4 is 23.6 Å². The molecule has 3 N–H and O–H groups in total. The first-order valence-electron chi connectivity index (χ1n) is 8.76. The Kier molecular flexibility index (Phi) is 6.21. The zero-order chi connectivity index (χ0) is 19.8. The van der Waals surface area contributed by atoms with Gasteiger partial charge in [-0.15, -0.1) is 0 Å². The summed E-state index contributed by atoms with van der Waals surface area (Å²) < 4.78 is 5.23. The third kappa shape index (κ3) is 5.57. The van der Waals surface area contributed by atoms with E-state index in [-0.39, 0.29) is 12.5 Å². The van der Waals surface area contributed by atoms with Crippen LogP contribution in [0.4, 0.5) is 5.69 Å². The summed E-state index contributed by atoms with van der Waals surface area (Å²) in [7, 11) is 0. The van der Waals surface area contributed by atoms with Gasteiger partial charge in [0.15, 0.2) is 6.61 Å². The van der Waals surface area contributed by atoms with Crippen LogP contribution >= 0.6 is 0 Å². The fourth-order valence-corrected chi connectivity index (χ4v) is 2.63. The zero-order valence-electron chi connectivity index (χ0n) is 15.2. The lowest BCUT2D eigenvalue weighted by Gasteiger charge is -2.07. The van der Waals surface area contributed by atoms with Crippen molar-refractivity contribution in [1.29, 1.82) is 0 Å². The summed E-state index contributed by atoms with van der Waals surface area (Å²) in [5, 5.41) is 2.76. The topological polar surface area (TPSA) is 81.4 Å². The minimum absolute atomic E-state index is 0.213. The van der Waals surface area contributed by atoms with Gasteiger partial charge in [-0.3, -0.25) is 9.59 Å². The lowest BCUT2D eigenvalue weighted by molar-refractivity contribution is -0.120. The first kappa shape index (κ1) is 18.9. The fourth-order valence-electron chi connectivity index (χ4n) is 2.63. The van der Waals surface area contributed by atoms with E-state index in [1.165, 1.54) is 6.08 Å². The largest absolute Gasteiger partial charge is 0.484 e. The van der Waals surface area contributed by atoms with Crippen LogP contribution in [0.2, 0.25) is 0 Å². The Hall–Kier alpha value is -3.86. The Morgan fingerprint density at radius 3 is 2.43 bits per heavy atom. The van der Waals surface area contributed by atoms with Crippen LogP contribution in [0.5, 0.6) is 5.75 Å². The van der Waals surface area contributed by atoms with Crippen molar-refractivity contribution in [2.45, 2.75) is 0 Å². The van der Waals surface area contributed by atoms with E-state index in [0.717, 1.165) is 16.7 Å². The van der Waals surface area contributed by atoms with Gasteiger partial charge in [0.05, 0.1) is 0 Å². The van der Waals surface area contributed by atoms with E-state index in [0.29, 0.717) is 11.4 Å². The maximum atomic E-state index is 12.2. The molecule has 0 unspecified atom stereocenters. The molecule has 140 valence electrons. The van der Waals surface area contributed by atoms with Crippen molar-refractivity contribution < 1.29 is 14.3 Å². The van der Waals surface area contributed by atoms with Crippen LogP contribution in [0.15, 0.2) is 84.9 Å². The molecule has 0 radical (unpaired) electrons. The number of nitrogens with one attached hydrogen (secondary N) is 1. The lowest BCUT2D eigenvalue weighted by atomic mass is 10.0. The van der Waals surface area contributed by atoms with E-state index in [9.17, 15) is 9.59 Å². The van der Waals surface area contributed by atoms with Gasteiger partial charge in [0.1, 0.15) is 5.75 Å². The average Bonchev–Trinajstić information content (AvgIpc) is 2.72. The summed E-state index contributed by atoms with van der Waals surface area (Å²) in [6.07, 6.45) is 3.23. The van der Waals surface area contributed by atoms with Crippen molar-refractivity contribution in [3.05, 3.63) is 90.5 Å². The van der Waals surface area contributed by atoms with Gasteiger partial charge in [0.25, 0.3) is 5.91 Å². The molecule has 0 aromatic heterocycles. The average molecular weight is 372 g/mol. The molecule has 2 amide bonds. The summed E-state index contributed by atoms with van der Waals surface area (Å²) >= 11 is 0. The summed E-state index contributed by atoms with van der Waals surface area (Å²) in [5.41, 5.74) is 8.76. The van der Waals surface area contributed by atoms with Crippen LogP contribution in [0.1, 0.15) is 5.56 Å². The van der Waals surface area contributed by atoms with Crippen LogP contribution in [0.25, 0.3) is 17.2 Å². The highest BCUT2D eigenvalue weighted by Crippen LogP contribution is 2.21. The van der Waals surface area contributed by atoms with Crippen molar-refractivity contribution in [3.8, 4) is 16.9 Å². The predicted octanol–water partition coefficient (Wildman–Crippen LogP) is 3.87. The highest BCUT2D eigenvalue weighted by molar-refractivity contribution is 6.02. The second kappa shape index (κ2) is 9.19. The molecule has 0 saturated carbocycles. The van der Waals surface area contributed by atoms with Gasteiger partial charge < -0.3 is 15.8 Å². The molecule has 5 heteroatoms. The van der Waals surface area contributed by atoms with Crippen molar-refractivity contribution in [2.75, 3.05) is 11.9 Å². The Morgan fingerprint density at radius 2 is 1.64 bits per heavy atom. The number of ether oxygens (including phenoxy) is 1. The van der Waals surface area contributed by atoms with Crippen molar-refractivity contribution in [3.63, 3.8) is 0 Å². The molecule has 0 aliphatic rings. The van der Waals surface area contributed by atoms with E-state index in [2.05, 4.69) is 5.32 Å². The van der Waals surface area contributed by atoms with Gasteiger partial charge >= 0.3 is 0 Å². The number of nitrogens with two attached hydrogens (primary N) is 1. The number of hydrogen-bond acceptors (Lipinski definition) is 3. The third-order valence-corrected chi connectivity index (χ3v) is 3.90. The summed E-state index contributed by atoms with van der Waals surface area (Å²) in [5.74, 6) is -0.372. The van der Waals surface area contributed by atoms with E-state index >= 15 is 0 Å². The smallest absolute Gasteiger partial charge is 0.255 e. The lowest BCUT2D eigenvalue weighted by Crippen LogP contribution is -2.20. The van der Waals surface area contributed by atoms with Crippen LogP contribution in [0.3, 0.4) is 0 Å². The number of hydrogen-bond donors (Lipinski definition) is 2. The minimum atomic E-state index is -0.560. The Bertz CT molecular complexity index is 997. The van der Waals surface area contributed by atoms with Gasteiger partial charge in [-0.1, -0.05) is 54.6 Å². The number of anilines is 1. The van der Waals surface area contributed by atoms with Gasteiger partial charge in [-0.25, -0.2) is 0 Å². The van der Waals surface area contributed by atoms with Crippen molar-refractivity contribution in [2.24, 2.45) is 5.73 Å². The number of amides is 2. The maximum absolute atomic E-state index is 12.2. The monoisotopic (exact) mass is 372 g/mol. The summed E-state index contributed by atoms with van der Waals surface area (Å²) in [4.78, 5) is 23.0. The number of benzene rings is 3. The first-order valence-corrected chi connectivity index (χ1v) is 8.76. The standard InChI is InChI=1S/C23H20N2O3/c24-22(26)16-28-21-11-5-10-20(15-21)25-23(27)13-12-17-6-4-9-19(14-17)18-7-2-1-3-8-18/h1-15H,16H2,(H2,24,26)(H,25,27)/b13-12+. The molecule has 0 fully saturated rings. The Morgan fingerprint density at radius 1 is 0.893 bits per heavy atom. The second-order valence-corrected chi connectivity index (χ2v) is 6.10. The SMILES string of the molecule is NC(=O)COc1cccc(NC(=O)/C=C/c2cccc(-c3ccccc3)c2)c1. The van der Waals surface area contributed by atoms with Gasteiger partial charge in [0.2, 0.25) is 5.91 Å². The van der Waals surface area contributed by atoms with Crippen LogP contribution in [-0.2, 0) is 9.59 Å². The normalized spacial score (nSPS) is 10.6. The molecule has 0 aliphatic carbocycles. The summed E-state index contributed by atoms with van der Waals surface area (Å²) in [6.45, 7) is -0.213. The highest BCUT2D eigenvalue weighted by atomic mass is 16.5. The number of carbonyl (C=O) groups excluding carboxylic acids is 2. The molecular weight excluding hydrogens is 352 g/mol. The molecule has 3 aromatic carbocycles. The van der Waals surface area contributed by atoms with E-state index < -0.39 is 5.91 Å². The molecule has 0 bridgehead atoms. The summed E-state index contributed by atoms with van der Waals surface area (Å²) in [6, 6.07) is 24.8. The molecule has 0 saturated heterocycles. The second-order valence-electron chi connectivity index (χ2n) is 6.10. The molecule has 5 nitrogen and oxygen atoms in total. The molecular formula is C23H20N2O3. The quantitative estimate of drug-likeness (QED) is 0.618. The molecule has 0 aliphatic heterocycles. The van der Waals surface area contributed by atoms with Gasteiger partial charge in [-0.05, 0) is 41.0 Å². The Balaban J connectivity index is 1.64. The first-order chi connectivity index (χ1) is 13.6. The molecule has 3 rings (SSSR count). The van der Waals surface area contributed by atoms with Gasteiger partial charge in [-0.2, -0.15) is 0 Å². The number of rotatable bonds is 7. The zero-order valence-corrected chi connectivity index (χ0v) is 15.2. The minimum Gasteiger partial charge on any atom is -0.484 e. The van der Waals surface area contributed by atoms with Crippen molar-refractivity contribution in [1.82, 2.24) is 0 Å². The molecule has 28 heavy (non-hydrogen) atoms. The van der Waals surface area contributed by atoms with E-state index in [1.54, 1.807) is 30.3 Å². The predicted molar refractivity (Wildman–Crippen MR) is 111 cm³/mol. The van der Waals surface area contributed by atoms with Crippen LogP contribution in [-0.4, -0.2) is 18.4 Å². The van der Waals surface area contributed by atoms with E-state index in [1.807, 2.05) is 54.6 Å².